The topological polar surface area (TPSA) is 30.0 Å². The molecule has 1 aromatic heterocycles. The molecule has 0 atom stereocenters. The lowest BCUT2D eigenvalue weighted by Crippen LogP contribution is -1.85. The highest BCUT2D eigenvalue weighted by atomic mass is 16.1. The van der Waals surface area contributed by atoms with Crippen molar-refractivity contribution in [1.82, 2.24) is 4.98 Å². The van der Waals surface area contributed by atoms with Gasteiger partial charge in [-0.1, -0.05) is 5.92 Å². The molecule has 1 rings (SSSR count). The first-order valence-electron chi connectivity index (χ1n) is 2.67. The number of nitrogens with zero attached hydrogens (tertiary/aromatic N) is 1. The first kappa shape index (κ1) is 6.50. The van der Waals surface area contributed by atoms with Crippen LogP contribution in [0.4, 0.5) is 0 Å². The van der Waals surface area contributed by atoms with Crippen molar-refractivity contribution in [3.8, 4) is 12.3 Å². The van der Waals surface area contributed by atoms with E-state index in [1.165, 1.54) is 12.3 Å². The molecule has 0 bridgehead atoms. The number of terminal acetylenes is 1. The second-order valence-corrected chi connectivity index (χ2v) is 1.68. The largest absolute Gasteiger partial charge is 0.283 e. The number of rotatable bonds is 1. The SMILES string of the molecule is C#Cc1ccc([C]=O)nc1. The molecule has 1 aromatic rings. The summed E-state index contributed by atoms with van der Waals surface area (Å²) in [6, 6.07) is 3.18. The van der Waals surface area contributed by atoms with Crippen LogP contribution in [0.25, 0.3) is 0 Å². The van der Waals surface area contributed by atoms with Crippen molar-refractivity contribution in [2.45, 2.75) is 0 Å². The minimum absolute atomic E-state index is 0.277. The molecule has 1 radical (unpaired) electrons. The van der Waals surface area contributed by atoms with Gasteiger partial charge in [0, 0.05) is 11.8 Å². The Morgan fingerprint density at radius 1 is 1.50 bits per heavy atom. The fourth-order valence-corrected chi connectivity index (χ4v) is 0.540. The number of hydrogen-bond donors (Lipinski definition) is 0. The van der Waals surface area contributed by atoms with Crippen molar-refractivity contribution < 1.29 is 4.79 Å². The minimum Gasteiger partial charge on any atom is -0.283 e. The van der Waals surface area contributed by atoms with E-state index in [1.54, 1.807) is 12.4 Å². The summed E-state index contributed by atoms with van der Waals surface area (Å²) in [5.74, 6) is 2.39. The van der Waals surface area contributed by atoms with Gasteiger partial charge >= 0.3 is 0 Å². The Balaban J connectivity index is 3.04. The van der Waals surface area contributed by atoms with E-state index in [9.17, 15) is 4.79 Å². The Labute approximate surface area is 58.9 Å². The fraction of sp³-hybridized carbons (Fsp3) is 0. The molecule has 0 spiro atoms. The molecule has 0 saturated carbocycles. The van der Waals surface area contributed by atoms with Gasteiger partial charge in [0.25, 0.3) is 6.29 Å². The van der Waals surface area contributed by atoms with Crippen molar-refractivity contribution in [3.63, 3.8) is 0 Å². The summed E-state index contributed by atoms with van der Waals surface area (Å²) in [4.78, 5) is 13.7. The maximum Gasteiger partial charge on any atom is 0.253 e. The highest BCUT2D eigenvalue weighted by Crippen LogP contribution is 1.94. The second kappa shape index (κ2) is 2.79. The Bertz CT molecular complexity index is 268. The molecule has 1 heterocycles. The summed E-state index contributed by atoms with van der Waals surface area (Å²) < 4.78 is 0. The molecular weight excluding hydrogens is 126 g/mol. The highest BCUT2D eigenvalue weighted by Gasteiger charge is 1.90. The molecule has 0 fully saturated rings. The molecule has 0 aliphatic carbocycles. The zero-order chi connectivity index (χ0) is 7.40. The third-order valence-electron chi connectivity index (χ3n) is 1.03. The number of pyridine rings is 1. The van der Waals surface area contributed by atoms with Gasteiger partial charge in [-0.15, -0.1) is 6.42 Å². The summed E-state index contributed by atoms with van der Waals surface area (Å²) in [5.41, 5.74) is 0.943. The molecule has 0 N–H and O–H groups in total. The zero-order valence-electron chi connectivity index (χ0n) is 5.16. The molecule has 0 aromatic carbocycles. The standard InChI is InChI=1S/C8H4NO/c1-2-7-3-4-8(6-10)9-5-7/h1,3-5H. The van der Waals surface area contributed by atoms with Crippen LogP contribution in [0.5, 0.6) is 0 Å². The lowest BCUT2D eigenvalue weighted by molar-refractivity contribution is 0.561. The lowest BCUT2D eigenvalue weighted by Gasteiger charge is -1.87. The van der Waals surface area contributed by atoms with Crippen molar-refractivity contribution in [1.29, 1.82) is 0 Å². The van der Waals surface area contributed by atoms with Crippen molar-refractivity contribution >= 4 is 6.29 Å². The lowest BCUT2D eigenvalue weighted by atomic mass is 10.3. The normalized spacial score (nSPS) is 8.30. The van der Waals surface area contributed by atoms with Crippen LogP contribution in [0, 0.1) is 12.3 Å². The summed E-state index contributed by atoms with van der Waals surface area (Å²) in [6.45, 7) is 0. The second-order valence-electron chi connectivity index (χ2n) is 1.68. The van der Waals surface area contributed by atoms with Crippen LogP contribution >= 0.6 is 0 Å². The van der Waals surface area contributed by atoms with Crippen molar-refractivity contribution in [2.24, 2.45) is 0 Å². The third-order valence-corrected chi connectivity index (χ3v) is 1.03. The average Bonchev–Trinajstić information content (AvgIpc) is 2.05. The average molecular weight is 130 g/mol. The Hall–Kier alpha value is -1.62. The Morgan fingerprint density at radius 2 is 2.30 bits per heavy atom. The van der Waals surface area contributed by atoms with Crippen LogP contribution in [-0.4, -0.2) is 11.3 Å². The first-order valence-corrected chi connectivity index (χ1v) is 2.67. The molecule has 0 saturated heterocycles. The first-order chi connectivity index (χ1) is 4.86. The summed E-state index contributed by atoms with van der Waals surface area (Å²) >= 11 is 0. The van der Waals surface area contributed by atoms with E-state index in [4.69, 9.17) is 6.42 Å². The van der Waals surface area contributed by atoms with Gasteiger partial charge in [-0.2, -0.15) is 0 Å². The van der Waals surface area contributed by atoms with E-state index in [0.717, 1.165) is 0 Å². The maximum atomic E-state index is 9.97. The van der Waals surface area contributed by atoms with Gasteiger partial charge < -0.3 is 0 Å². The quantitative estimate of drug-likeness (QED) is 0.519. The molecule has 0 unspecified atom stereocenters. The Morgan fingerprint density at radius 3 is 2.70 bits per heavy atom. The Kier molecular flexibility index (Phi) is 1.81. The van der Waals surface area contributed by atoms with Gasteiger partial charge in [0.2, 0.25) is 0 Å². The molecule has 0 aliphatic rings. The molecule has 10 heavy (non-hydrogen) atoms. The molecule has 2 heteroatoms. The van der Waals surface area contributed by atoms with Gasteiger partial charge in [-0.05, 0) is 12.1 Å². The van der Waals surface area contributed by atoms with Gasteiger partial charge in [-0.3, -0.25) is 9.78 Å². The maximum absolute atomic E-state index is 9.97. The number of aromatic nitrogens is 1. The van der Waals surface area contributed by atoms with E-state index in [1.807, 2.05) is 0 Å². The zero-order valence-corrected chi connectivity index (χ0v) is 5.16. The van der Waals surface area contributed by atoms with E-state index >= 15 is 0 Å². The van der Waals surface area contributed by atoms with Crippen LogP contribution in [0.15, 0.2) is 18.3 Å². The van der Waals surface area contributed by atoms with Crippen LogP contribution in [0.1, 0.15) is 11.3 Å². The van der Waals surface area contributed by atoms with Crippen LogP contribution < -0.4 is 0 Å². The van der Waals surface area contributed by atoms with Gasteiger partial charge in [0.05, 0.1) is 0 Å². The smallest absolute Gasteiger partial charge is 0.253 e. The van der Waals surface area contributed by atoms with Crippen LogP contribution in [0.3, 0.4) is 0 Å². The molecular formula is C8H4NO. The third kappa shape index (κ3) is 1.20. The van der Waals surface area contributed by atoms with E-state index < -0.39 is 0 Å². The fourth-order valence-electron chi connectivity index (χ4n) is 0.540. The monoisotopic (exact) mass is 130 g/mol. The predicted octanol–water partition coefficient (Wildman–Crippen LogP) is 0.521. The predicted molar refractivity (Wildman–Crippen MR) is 37.0 cm³/mol. The van der Waals surface area contributed by atoms with Gasteiger partial charge in [-0.25, -0.2) is 0 Å². The summed E-state index contributed by atoms with van der Waals surface area (Å²) in [5, 5.41) is 0. The van der Waals surface area contributed by atoms with E-state index in [-0.39, 0.29) is 5.69 Å². The van der Waals surface area contributed by atoms with Gasteiger partial charge in [0.15, 0.2) is 0 Å². The minimum atomic E-state index is 0.277. The summed E-state index contributed by atoms with van der Waals surface area (Å²) in [6.07, 6.45) is 8.16. The van der Waals surface area contributed by atoms with E-state index in [0.29, 0.717) is 5.56 Å². The molecule has 0 aliphatic heterocycles. The highest BCUT2D eigenvalue weighted by molar-refractivity contribution is 5.72. The van der Waals surface area contributed by atoms with Gasteiger partial charge in [0.1, 0.15) is 5.69 Å². The molecule has 0 amide bonds. The number of carbonyl (C=O) groups excluding carboxylic acids is 1. The van der Waals surface area contributed by atoms with Crippen LogP contribution in [0.2, 0.25) is 0 Å². The van der Waals surface area contributed by atoms with Crippen LogP contribution in [-0.2, 0) is 4.79 Å². The molecule has 2 nitrogen and oxygen atoms in total. The van der Waals surface area contributed by atoms with Crippen molar-refractivity contribution in [2.75, 3.05) is 0 Å². The van der Waals surface area contributed by atoms with E-state index in [2.05, 4.69) is 10.9 Å². The number of hydrogen-bond acceptors (Lipinski definition) is 2. The molecule has 47 valence electrons. The summed E-state index contributed by atoms with van der Waals surface area (Å²) in [7, 11) is 0. The van der Waals surface area contributed by atoms with Crippen molar-refractivity contribution in [3.05, 3.63) is 29.6 Å².